The van der Waals surface area contributed by atoms with Crippen LogP contribution in [0.3, 0.4) is 0 Å². The molecule has 0 saturated heterocycles. The fraction of sp³-hybridized carbons (Fsp3) is 0.200. The molecule has 0 aromatic heterocycles. The van der Waals surface area contributed by atoms with Gasteiger partial charge in [0.15, 0.2) is 0 Å². The van der Waals surface area contributed by atoms with Crippen LogP contribution in [0, 0.1) is 0 Å². The molecule has 0 aliphatic heterocycles. The van der Waals surface area contributed by atoms with Gasteiger partial charge in [-0.3, -0.25) is 0 Å². The molecule has 2 unspecified atom stereocenters. The summed E-state index contributed by atoms with van der Waals surface area (Å²) in [6, 6.07) is 27.3. The molecule has 0 spiro atoms. The van der Waals surface area contributed by atoms with Gasteiger partial charge < -0.3 is 0 Å². The molecular formula is C30H32Cl2SiTi. The predicted octanol–water partition coefficient (Wildman–Crippen LogP) is 8.79. The Morgan fingerprint density at radius 2 is 0.971 bits per heavy atom. The number of hydrogen-bond donors (Lipinski definition) is 0. The first-order chi connectivity index (χ1) is 15.2. The number of benzene rings is 4. The molecule has 6 rings (SSSR count). The molecule has 4 aromatic rings. The van der Waals surface area contributed by atoms with Crippen LogP contribution < -0.4 is 0 Å². The van der Waals surface area contributed by atoms with Gasteiger partial charge in [-0.1, -0.05) is 0 Å². The van der Waals surface area contributed by atoms with Gasteiger partial charge in [0.1, 0.15) is 0 Å². The molecular weight excluding hydrogens is 507 g/mol. The zero-order chi connectivity index (χ0) is 22.3. The van der Waals surface area contributed by atoms with Crippen LogP contribution in [0.25, 0.3) is 33.7 Å². The molecule has 0 nitrogen and oxygen atoms in total. The number of fused-ring (bicyclic) bond motifs is 6. The van der Waals surface area contributed by atoms with Crippen molar-refractivity contribution < 1.29 is 14.0 Å². The number of halogens is 2. The second-order valence-electron chi connectivity index (χ2n) is 11.2. The van der Waals surface area contributed by atoms with Gasteiger partial charge in [0.25, 0.3) is 0 Å². The van der Waals surface area contributed by atoms with Gasteiger partial charge in [-0.2, -0.15) is 0 Å². The van der Waals surface area contributed by atoms with Crippen LogP contribution in [0.4, 0.5) is 0 Å². The van der Waals surface area contributed by atoms with E-state index in [4.69, 9.17) is 0 Å². The van der Waals surface area contributed by atoms with Crippen molar-refractivity contribution in [2.75, 3.05) is 0 Å². The van der Waals surface area contributed by atoms with Crippen molar-refractivity contribution in [1.82, 2.24) is 0 Å². The summed E-state index contributed by atoms with van der Waals surface area (Å²) in [6.07, 6.45) is 4.96. The quantitative estimate of drug-likeness (QED) is 0.224. The average Bonchev–Trinajstić information content (AvgIpc) is 3.30. The topological polar surface area (TPSA) is 0 Å². The monoisotopic (exact) mass is 538 g/mol. The summed E-state index contributed by atoms with van der Waals surface area (Å²) in [5.41, 5.74) is 9.20. The van der Waals surface area contributed by atoms with Crippen LogP contribution in [-0.2, 0) is 14.0 Å². The molecule has 4 heteroatoms. The van der Waals surface area contributed by atoms with E-state index in [-0.39, 0.29) is 24.8 Å². The largest absolute Gasteiger partial charge is 0.147 e. The summed E-state index contributed by atoms with van der Waals surface area (Å²) in [7, 11) is 2.42. The SMILES string of the molecule is CC1=Cc2ccc3ccccc3c2[CH]1[Ti]([CH3])([CH3])(=[SiH2])[CH]1C(C)=Cc2ccc3ccccc3c21.Cl.Cl. The molecule has 2 aliphatic carbocycles. The van der Waals surface area contributed by atoms with Crippen molar-refractivity contribution in [2.45, 2.75) is 32.7 Å². The van der Waals surface area contributed by atoms with Gasteiger partial charge in [-0.05, 0) is 0 Å². The Balaban J connectivity index is 0.00000137. The van der Waals surface area contributed by atoms with Crippen molar-refractivity contribution in [1.29, 1.82) is 0 Å². The van der Waals surface area contributed by atoms with Crippen LogP contribution in [0.5, 0.6) is 0 Å². The second kappa shape index (κ2) is 8.50. The van der Waals surface area contributed by atoms with E-state index < -0.39 is 14.0 Å². The minimum Gasteiger partial charge on any atom is -0.147 e. The minimum absolute atomic E-state index is 0. The summed E-state index contributed by atoms with van der Waals surface area (Å²) in [5.74, 6) is 0. The maximum Gasteiger partial charge on any atom is -0.147 e. The minimum atomic E-state index is -3.21. The average molecular weight is 539 g/mol. The Morgan fingerprint density at radius 3 is 1.38 bits per heavy atom. The van der Waals surface area contributed by atoms with Crippen LogP contribution in [0.15, 0.2) is 83.9 Å². The molecule has 4 aromatic carbocycles. The smallest absolute Gasteiger partial charge is 0.147 e. The number of rotatable bonds is 2. The van der Waals surface area contributed by atoms with Crippen molar-refractivity contribution in [3.05, 3.63) is 106 Å². The van der Waals surface area contributed by atoms with E-state index in [1.54, 1.807) is 22.3 Å². The molecule has 0 heterocycles. The van der Waals surface area contributed by atoms with Crippen LogP contribution in [0.2, 0.25) is 10.5 Å². The van der Waals surface area contributed by atoms with Crippen molar-refractivity contribution in [3.8, 4) is 0 Å². The van der Waals surface area contributed by atoms with Crippen LogP contribution >= 0.6 is 24.8 Å². The van der Waals surface area contributed by atoms with Gasteiger partial charge in [0, 0.05) is 0 Å². The van der Waals surface area contributed by atoms with E-state index >= 15 is 0 Å². The maximum absolute atomic E-state index is 3.21. The van der Waals surface area contributed by atoms with Gasteiger partial charge >= 0.3 is 194 Å². The Labute approximate surface area is 217 Å². The molecule has 2 aliphatic rings. The zero-order valence-electron chi connectivity index (χ0n) is 20.3. The summed E-state index contributed by atoms with van der Waals surface area (Å²) >= 11 is -3.21. The van der Waals surface area contributed by atoms with E-state index in [0.29, 0.717) is 8.45 Å². The van der Waals surface area contributed by atoms with E-state index in [9.17, 15) is 0 Å². The molecule has 0 fully saturated rings. The molecule has 174 valence electrons. The molecule has 0 bridgehead atoms. The maximum atomic E-state index is 2.72. The molecule has 0 saturated carbocycles. The van der Waals surface area contributed by atoms with Crippen LogP contribution in [0.1, 0.15) is 44.5 Å². The van der Waals surface area contributed by atoms with E-state index in [2.05, 4.69) is 117 Å². The van der Waals surface area contributed by atoms with Crippen molar-refractivity contribution >= 4 is 66.1 Å². The zero-order valence-corrected chi connectivity index (χ0v) is 24.9. The molecule has 0 N–H and O–H groups in total. The third-order valence-electron chi connectivity index (χ3n) is 8.16. The number of hydrogen-bond acceptors (Lipinski definition) is 0. The Kier molecular flexibility index (Phi) is 6.37. The van der Waals surface area contributed by atoms with E-state index in [0.717, 1.165) is 0 Å². The first-order valence-corrected chi connectivity index (χ1v) is 20.7. The fourth-order valence-corrected chi connectivity index (χ4v) is 21.0. The third-order valence-corrected chi connectivity index (χ3v) is 19.8. The van der Waals surface area contributed by atoms with Crippen LogP contribution in [-0.4, -0.2) is 7.63 Å². The van der Waals surface area contributed by atoms with Crippen molar-refractivity contribution in [2.24, 2.45) is 0 Å². The molecule has 0 radical (unpaired) electrons. The fourth-order valence-electron chi connectivity index (χ4n) is 7.24. The first-order valence-electron chi connectivity index (χ1n) is 11.7. The van der Waals surface area contributed by atoms with Gasteiger partial charge in [-0.15, -0.1) is 24.8 Å². The third kappa shape index (κ3) is 3.52. The summed E-state index contributed by atoms with van der Waals surface area (Å²) in [4.78, 5) is 0. The van der Waals surface area contributed by atoms with Gasteiger partial charge in [-0.25, -0.2) is 0 Å². The summed E-state index contributed by atoms with van der Waals surface area (Å²) in [6.45, 7) is 4.78. The van der Waals surface area contributed by atoms with Gasteiger partial charge in [0.05, 0.1) is 0 Å². The molecule has 34 heavy (non-hydrogen) atoms. The Bertz CT molecular complexity index is 1480. The Morgan fingerprint density at radius 1 is 0.588 bits per heavy atom. The Hall–Kier alpha value is -1.61. The normalized spacial score (nSPS) is 19.1. The van der Waals surface area contributed by atoms with Crippen molar-refractivity contribution in [3.63, 3.8) is 0 Å². The summed E-state index contributed by atoms with van der Waals surface area (Å²) in [5, 5.41) is 11.1. The molecule has 2 atom stereocenters. The van der Waals surface area contributed by atoms with Gasteiger partial charge in [0.2, 0.25) is 0 Å². The predicted molar refractivity (Wildman–Crippen MR) is 155 cm³/mol. The number of allylic oxidation sites excluding steroid dienone is 2. The standard InChI is InChI=1S/2C14H11.2CH3.2ClH.H2Si.Ti/c2*1-10-8-12-7-6-11-4-2-3-5-13(11)14(12)9-10;;;;;;/h2*2-9H,1H3;2*1H3;2*1H;1H2;. The van der Waals surface area contributed by atoms with E-state index in [1.807, 2.05) is 0 Å². The second-order valence-corrected chi connectivity index (χ2v) is 31.3. The summed E-state index contributed by atoms with van der Waals surface area (Å²) < 4.78 is 1.09. The first kappa shape index (κ1) is 25.5. The molecule has 0 amide bonds. The van der Waals surface area contributed by atoms with E-state index in [1.165, 1.54) is 32.7 Å².